The molecule has 0 atom stereocenters. The van der Waals surface area contributed by atoms with Crippen LogP contribution in [0.2, 0.25) is 0 Å². The van der Waals surface area contributed by atoms with Gasteiger partial charge in [0.1, 0.15) is 5.01 Å². The fourth-order valence-corrected chi connectivity index (χ4v) is 3.14. The topological polar surface area (TPSA) is 33.2 Å². The van der Waals surface area contributed by atoms with Crippen LogP contribution in [-0.2, 0) is 13.0 Å². The zero-order valence-corrected chi connectivity index (χ0v) is 10.8. The molecule has 3 nitrogen and oxygen atoms in total. The summed E-state index contributed by atoms with van der Waals surface area (Å²) in [7, 11) is 0. The molecule has 1 aliphatic rings. The summed E-state index contributed by atoms with van der Waals surface area (Å²) in [5.41, 5.74) is 2.72. The summed E-state index contributed by atoms with van der Waals surface area (Å²) < 4.78 is 0. The van der Waals surface area contributed by atoms with Crippen LogP contribution in [0, 0.1) is 0 Å². The third-order valence-corrected chi connectivity index (χ3v) is 4.13. The highest BCUT2D eigenvalue weighted by Gasteiger charge is 2.17. The Bertz CT molecular complexity index is 564. The van der Waals surface area contributed by atoms with Crippen molar-refractivity contribution in [3.05, 3.63) is 45.9 Å². The fourth-order valence-electron chi connectivity index (χ4n) is 2.39. The van der Waals surface area contributed by atoms with E-state index in [4.69, 9.17) is 0 Å². The molecule has 1 aromatic heterocycles. The van der Waals surface area contributed by atoms with Crippen LogP contribution in [0.15, 0.2) is 30.5 Å². The van der Waals surface area contributed by atoms with Crippen molar-refractivity contribution in [3.8, 4) is 0 Å². The maximum Gasteiger partial charge on any atom is 0.161 e. The predicted octanol–water partition coefficient (Wildman–Crippen LogP) is 2.91. The number of hydrogen-bond donors (Lipinski definition) is 0. The first kappa shape index (κ1) is 11.4. The van der Waals surface area contributed by atoms with Gasteiger partial charge in [-0.25, -0.2) is 4.98 Å². The van der Waals surface area contributed by atoms with Gasteiger partial charge in [0.05, 0.1) is 11.4 Å². The number of anilines is 1. The van der Waals surface area contributed by atoms with Crippen LogP contribution in [0.3, 0.4) is 0 Å². The molecule has 0 unspecified atom stereocenters. The van der Waals surface area contributed by atoms with E-state index in [-0.39, 0.29) is 0 Å². The molecule has 0 bridgehead atoms. The zero-order chi connectivity index (χ0) is 12.4. The van der Waals surface area contributed by atoms with E-state index in [0.717, 1.165) is 30.8 Å². The molecular formula is C14H14N2OS. The highest BCUT2D eigenvalue weighted by Crippen LogP contribution is 2.28. The molecule has 2 aromatic rings. The minimum absolute atomic E-state index is 0.704. The fraction of sp³-hybridized carbons (Fsp3) is 0.286. The lowest BCUT2D eigenvalue weighted by molar-refractivity contribution is 0.112. The van der Waals surface area contributed by atoms with Crippen LogP contribution < -0.4 is 4.90 Å². The van der Waals surface area contributed by atoms with Gasteiger partial charge in [0.2, 0.25) is 0 Å². The average Bonchev–Trinajstić information content (AvgIpc) is 2.87. The molecule has 0 amide bonds. The standard InChI is InChI=1S/C14H14N2OS/c17-10-12-8-15-14(18-12)9-16-7-3-5-11-4-1-2-6-13(11)16/h1-2,4,6,8,10H,3,5,7,9H2. The third-order valence-electron chi connectivity index (χ3n) is 3.22. The number of carbonyl (C=O) groups excluding carboxylic acids is 1. The summed E-state index contributed by atoms with van der Waals surface area (Å²) in [4.78, 5) is 18.0. The first-order valence-electron chi connectivity index (χ1n) is 6.09. The number of rotatable bonds is 3. The highest BCUT2D eigenvalue weighted by atomic mass is 32.1. The Balaban J connectivity index is 1.83. The lowest BCUT2D eigenvalue weighted by Gasteiger charge is -2.30. The van der Waals surface area contributed by atoms with Crippen molar-refractivity contribution in [2.75, 3.05) is 11.4 Å². The number of thiazole rings is 1. The number of aryl methyl sites for hydroxylation is 1. The molecule has 3 rings (SSSR count). The van der Waals surface area contributed by atoms with Gasteiger partial charge in [0, 0.05) is 18.4 Å². The lowest BCUT2D eigenvalue weighted by atomic mass is 10.0. The molecule has 0 N–H and O–H groups in total. The minimum atomic E-state index is 0.704. The van der Waals surface area contributed by atoms with Crippen molar-refractivity contribution in [2.24, 2.45) is 0 Å². The van der Waals surface area contributed by atoms with Crippen molar-refractivity contribution >= 4 is 23.3 Å². The lowest BCUT2D eigenvalue weighted by Crippen LogP contribution is -2.28. The van der Waals surface area contributed by atoms with Gasteiger partial charge >= 0.3 is 0 Å². The summed E-state index contributed by atoms with van der Waals surface area (Å²) in [6.07, 6.45) is 4.86. The van der Waals surface area contributed by atoms with Crippen LogP contribution in [-0.4, -0.2) is 17.8 Å². The number of carbonyl (C=O) groups is 1. The number of benzene rings is 1. The van der Waals surface area contributed by atoms with E-state index in [1.807, 2.05) is 0 Å². The van der Waals surface area contributed by atoms with E-state index in [1.165, 1.54) is 29.0 Å². The van der Waals surface area contributed by atoms with Gasteiger partial charge in [0.25, 0.3) is 0 Å². The average molecular weight is 258 g/mol. The second-order valence-electron chi connectivity index (χ2n) is 4.43. The van der Waals surface area contributed by atoms with Crippen molar-refractivity contribution in [1.29, 1.82) is 0 Å². The summed E-state index contributed by atoms with van der Waals surface area (Å²) in [5.74, 6) is 0. The van der Waals surface area contributed by atoms with Crippen molar-refractivity contribution < 1.29 is 4.79 Å². The second-order valence-corrected chi connectivity index (χ2v) is 5.57. The SMILES string of the molecule is O=Cc1cnc(CN2CCCc3ccccc32)s1. The van der Waals surface area contributed by atoms with E-state index in [0.29, 0.717) is 4.88 Å². The van der Waals surface area contributed by atoms with E-state index >= 15 is 0 Å². The normalized spacial score (nSPS) is 14.3. The minimum Gasteiger partial charge on any atom is -0.365 e. The number of nitrogens with zero attached hydrogens (tertiary/aromatic N) is 2. The molecule has 0 fully saturated rings. The van der Waals surface area contributed by atoms with E-state index in [1.54, 1.807) is 6.20 Å². The number of hydrogen-bond acceptors (Lipinski definition) is 4. The second kappa shape index (κ2) is 4.90. The highest BCUT2D eigenvalue weighted by molar-refractivity contribution is 7.13. The summed E-state index contributed by atoms with van der Waals surface area (Å²) >= 11 is 1.48. The molecule has 0 saturated carbocycles. The Hall–Kier alpha value is -1.68. The van der Waals surface area contributed by atoms with Gasteiger partial charge in [-0.2, -0.15) is 0 Å². The zero-order valence-electron chi connectivity index (χ0n) is 10.0. The molecule has 0 saturated heterocycles. The van der Waals surface area contributed by atoms with E-state index in [9.17, 15) is 4.79 Å². The predicted molar refractivity (Wildman–Crippen MR) is 73.3 cm³/mol. The maximum absolute atomic E-state index is 10.7. The molecule has 0 spiro atoms. The summed E-state index contributed by atoms with van der Waals surface area (Å²) in [6, 6.07) is 8.54. The Labute approximate surface area is 110 Å². The van der Waals surface area contributed by atoms with Gasteiger partial charge in [-0.1, -0.05) is 18.2 Å². The van der Waals surface area contributed by atoms with Gasteiger partial charge in [-0.3, -0.25) is 4.79 Å². The largest absolute Gasteiger partial charge is 0.365 e. The van der Waals surface area contributed by atoms with Gasteiger partial charge in [-0.15, -0.1) is 11.3 Å². The maximum atomic E-state index is 10.7. The Morgan fingerprint density at radius 2 is 2.28 bits per heavy atom. The first-order chi connectivity index (χ1) is 8.86. The third kappa shape index (κ3) is 2.16. The number of fused-ring (bicyclic) bond motifs is 1. The first-order valence-corrected chi connectivity index (χ1v) is 6.91. The monoisotopic (exact) mass is 258 g/mol. The molecule has 4 heteroatoms. The van der Waals surface area contributed by atoms with Crippen LogP contribution in [0.25, 0.3) is 0 Å². The summed E-state index contributed by atoms with van der Waals surface area (Å²) in [5, 5.41) is 1.01. The molecule has 0 aliphatic carbocycles. The van der Waals surface area contributed by atoms with Crippen molar-refractivity contribution in [3.63, 3.8) is 0 Å². The van der Waals surface area contributed by atoms with Crippen molar-refractivity contribution in [1.82, 2.24) is 4.98 Å². The van der Waals surface area contributed by atoms with E-state index < -0.39 is 0 Å². The molecular weight excluding hydrogens is 244 g/mol. The number of aromatic nitrogens is 1. The summed E-state index contributed by atoms with van der Waals surface area (Å²) in [6.45, 7) is 1.86. The van der Waals surface area contributed by atoms with Gasteiger partial charge in [-0.05, 0) is 24.5 Å². The van der Waals surface area contributed by atoms with Crippen LogP contribution in [0.5, 0.6) is 0 Å². The van der Waals surface area contributed by atoms with Crippen LogP contribution in [0.1, 0.15) is 26.7 Å². The Kier molecular flexibility index (Phi) is 3.11. The van der Waals surface area contributed by atoms with E-state index in [2.05, 4.69) is 34.1 Å². The molecule has 1 aliphatic heterocycles. The number of aldehydes is 1. The Morgan fingerprint density at radius 3 is 3.11 bits per heavy atom. The molecule has 1 aromatic carbocycles. The molecule has 18 heavy (non-hydrogen) atoms. The number of para-hydroxylation sites is 1. The quantitative estimate of drug-likeness (QED) is 0.794. The smallest absolute Gasteiger partial charge is 0.161 e. The molecule has 0 radical (unpaired) electrons. The van der Waals surface area contributed by atoms with Crippen molar-refractivity contribution in [2.45, 2.75) is 19.4 Å². The van der Waals surface area contributed by atoms with Gasteiger partial charge in [0.15, 0.2) is 6.29 Å². The molecule has 2 heterocycles. The Morgan fingerprint density at radius 1 is 1.39 bits per heavy atom. The molecule has 92 valence electrons. The van der Waals surface area contributed by atoms with Crippen LogP contribution in [0.4, 0.5) is 5.69 Å². The van der Waals surface area contributed by atoms with Gasteiger partial charge < -0.3 is 4.90 Å². The van der Waals surface area contributed by atoms with Crippen LogP contribution >= 0.6 is 11.3 Å².